The van der Waals surface area contributed by atoms with Gasteiger partial charge in [0.15, 0.2) is 9.84 Å². The third-order valence-electron chi connectivity index (χ3n) is 5.95. The monoisotopic (exact) mass is 363 g/mol. The Morgan fingerprint density at radius 2 is 1.68 bits per heavy atom. The van der Waals surface area contributed by atoms with E-state index in [0.717, 1.165) is 25.9 Å². The van der Waals surface area contributed by atoms with Gasteiger partial charge in [0.2, 0.25) is 0 Å². The normalized spacial score (nSPS) is 20.6. The second-order valence-electron chi connectivity index (χ2n) is 7.67. The van der Waals surface area contributed by atoms with E-state index in [1.54, 1.807) is 24.3 Å². The maximum Gasteiger partial charge on any atom is 0.255 e. The Morgan fingerprint density at radius 3 is 2.32 bits per heavy atom. The summed E-state index contributed by atoms with van der Waals surface area (Å²) >= 11 is 0. The Kier molecular flexibility index (Phi) is 5.52. The molecule has 0 unspecified atom stereocenters. The number of carbonyl (C=O) groups is 1. The van der Waals surface area contributed by atoms with Crippen LogP contribution < -0.4 is 0 Å². The molecule has 2 fully saturated rings. The summed E-state index contributed by atoms with van der Waals surface area (Å²) < 4.78 is 25.0. The van der Waals surface area contributed by atoms with Crippen LogP contribution in [0.25, 0.3) is 0 Å². The number of amides is 1. The van der Waals surface area contributed by atoms with Gasteiger partial charge in [-0.3, -0.25) is 4.79 Å². The van der Waals surface area contributed by atoms with Gasteiger partial charge in [0.1, 0.15) is 0 Å². The Hall–Kier alpha value is -1.36. The SMILES string of the molecule is CCCS(=O)(=O)c1ccccc1C(=O)N1CCC2(CCCCC2)CC1. The fourth-order valence-corrected chi connectivity index (χ4v) is 5.98. The zero-order valence-corrected chi connectivity index (χ0v) is 16.0. The molecule has 0 radical (unpaired) electrons. The molecule has 1 spiro atoms. The molecule has 138 valence electrons. The maximum absolute atomic E-state index is 13.0. The van der Waals surface area contributed by atoms with Crippen molar-refractivity contribution in [1.82, 2.24) is 4.90 Å². The van der Waals surface area contributed by atoms with E-state index >= 15 is 0 Å². The van der Waals surface area contributed by atoms with Gasteiger partial charge >= 0.3 is 0 Å². The van der Waals surface area contributed by atoms with Crippen LogP contribution in [0.3, 0.4) is 0 Å². The number of piperidine rings is 1. The molecule has 4 nitrogen and oxygen atoms in total. The molecule has 5 heteroatoms. The van der Waals surface area contributed by atoms with E-state index in [0.29, 0.717) is 17.4 Å². The fourth-order valence-electron chi connectivity index (χ4n) is 4.45. The highest BCUT2D eigenvalue weighted by atomic mass is 32.2. The van der Waals surface area contributed by atoms with Crippen LogP contribution in [0.15, 0.2) is 29.2 Å². The molecular weight excluding hydrogens is 334 g/mol. The third kappa shape index (κ3) is 3.91. The minimum atomic E-state index is -3.40. The van der Waals surface area contributed by atoms with Gasteiger partial charge in [-0.2, -0.15) is 0 Å². The van der Waals surface area contributed by atoms with Crippen molar-refractivity contribution in [3.8, 4) is 0 Å². The molecule has 0 bridgehead atoms. The summed E-state index contributed by atoms with van der Waals surface area (Å²) in [6.07, 6.45) is 9.21. The lowest BCUT2D eigenvalue weighted by atomic mass is 9.68. The van der Waals surface area contributed by atoms with Crippen molar-refractivity contribution in [3.05, 3.63) is 29.8 Å². The number of benzene rings is 1. The summed E-state index contributed by atoms with van der Waals surface area (Å²) in [5, 5.41) is 0. The molecule has 1 aliphatic carbocycles. The van der Waals surface area contributed by atoms with Crippen LogP contribution in [0, 0.1) is 5.41 Å². The summed E-state index contributed by atoms with van der Waals surface area (Å²) in [4.78, 5) is 15.1. The van der Waals surface area contributed by atoms with Crippen molar-refractivity contribution in [3.63, 3.8) is 0 Å². The Bertz CT molecular complexity index is 710. The van der Waals surface area contributed by atoms with E-state index in [2.05, 4.69) is 0 Å². The summed E-state index contributed by atoms with van der Waals surface area (Å²) in [5.74, 6) is -0.0404. The molecule has 3 rings (SSSR count). The van der Waals surface area contributed by atoms with Crippen molar-refractivity contribution in [2.75, 3.05) is 18.8 Å². The zero-order valence-electron chi connectivity index (χ0n) is 15.2. The van der Waals surface area contributed by atoms with Crippen LogP contribution in [0.5, 0.6) is 0 Å². The van der Waals surface area contributed by atoms with Gasteiger partial charge in [0.25, 0.3) is 5.91 Å². The Balaban J connectivity index is 1.76. The highest BCUT2D eigenvalue weighted by Gasteiger charge is 2.37. The molecule has 2 aliphatic rings. The summed E-state index contributed by atoms with van der Waals surface area (Å²) in [7, 11) is -3.40. The molecule has 1 aromatic rings. The van der Waals surface area contributed by atoms with Crippen molar-refractivity contribution >= 4 is 15.7 Å². The average molecular weight is 364 g/mol. The van der Waals surface area contributed by atoms with Gasteiger partial charge in [-0.1, -0.05) is 38.3 Å². The van der Waals surface area contributed by atoms with E-state index in [9.17, 15) is 13.2 Å². The molecule has 1 saturated heterocycles. The van der Waals surface area contributed by atoms with Crippen molar-refractivity contribution < 1.29 is 13.2 Å². The average Bonchev–Trinajstić information content (AvgIpc) is 2.62. The number of likely N-dealkylation sites (tertiary alicyclic amines) is 1. The van der Waals surface area contributed by atoms with Gasteiger partial charge < -0.3 is 4.90 Å². The number of nitrogens with zero attached hydrogens (tertiary/aromatic N) is 1. The number of rotatable bonds is 4. The molecular formula is C20H29NO3S. The molecule has 0 atom stereocenters. The predicted molar refractivity (Wildman–Crippen MR) is 99.4 cm³/mol. The Morgan fingerprint density at radius 1 is 1.04 bits per heavy atom. The van der Waals surface area contributed by atoms with Crippen molar-refractivity contribution in [2.24, 2.45) is 5.41 Å². The molecule has 1 aromatic carbocycles. The summed E-state index contributed by atoms with van der Waals surface area (Å²) in [6, 6.07) is 6.69. The lowest BCUT2D eigenvalue weighted by Gasteiger charge is -2.44. The first-order chi connectivity index (χ1) is 12.0. The van der Waals surface area contributed by atoms with E-state index in [4.69, 9.17) is 0 Å². The third-order valence-corrected chi connectivity index (χ3v) is 7.92. The molecule has 1 heterocycles. The first-order valence-electron chi connectivity index (χ1n) is 9.58. The second kappa shape index (κ2) is 7.48. The highest BCUT2D eigenvalue weighted by molar-refractivity contribution is 7.91. The molecule has 0 aromatic heterocycles. The first-order valence-corrected chi connectivity index (χ1v) is 11.2. The minimum absolute atomic E-state index is 0.0837. The number of hydrogen-bond donors (Lipinski definition) is 0. The minimum Gasteiger partial charge on any atom is -0.339 e. The topological polar surface area (TPSA) is 54.5 Å². The molecule has 1 aliphatic heterocycles. The van der Waals surface area contributed by atoms with E-state index < -0.39 is 9.84 Å². The largest absolute Gasteiger partial charge is 0.339 e. The fraction of sp³-hybridized carbons (Fsp3) is 0.650. The van der Waals surface area contributed by atoms with Gasteiger partial charge in [-0.25, -0.2) is 8.42 Å². The number of carbonyl (C=O) groups excluding carboxylic acids is 1. The van der Waals surface area contributed by atoms with Gasteiger partial charge in [-0.05, 0) is 49.7 Å². The zero-order chi connectivity index (χ0) is 17.9. The van der Waals surface area contributed by atoms with E-state index in [1.165, 1.54) is 32.1 Å². The first kappa shape index (κ1) is 18.4. The molecule has 1 saturated carbocycles. The number of sulfone groups is 1. The van der Waals surface area contributed by atoms with Crippen LogP contribution in [-0.2, 0) is 9.84 Å². The van der Waals surface area contributed by atoms with Crippen LogP contribution in [0.2, 0.25) is 0 Å². The van der Waals surface area contributed by atoms with Gasteiger partial charge in [-0.15, -0.1) is 0 Å². The Labute approximate surface area is 151 Å². The lowest BCUT2D eigenvalue weighted by molar-refractivity contribution is 0.0469. The van der Waals surface area contributed by atoms with Crippen LogP contribution in [-0.4, -0.2) is 38.1 Å². The van der Waals surface area contributed by atoms with Crippen LogP contribution >= 0.6 is 0 Å². The van der Waals surface area contributed by atoms with Gasteiger partial charge in [0.05, 0.1) is 16.2 Å². The predicted octanol–water partition coefficient (Wildman–Crippen LogP) is 4.06. The summed E-state index contributed by atoms with van der Waals surface area (Å²) in [5.41, 5.74) is 0.776. The van der Waals surface area contributed by atoms with Crippen molar-refractivity contribution in [1.29, 1.82) is 0 Å². The highest BCUT2D eigenvalue weighted by Crippen LogP contribution is 2.44. The molecule has 0 N–H and O–H groups in total. The maximum atomic E-state index is 13.0. The molecule has 25 heavy (non-hydrogen) atoms. The van der Waals surface area contributed by atoms with Gasteiger partial charge in [0, 0.05) is 13.1 Å². The summed E-state index contributed by atoms with van der Waals surface area (Å²) in [6.45, 7) is 3.35. The van der Waals surface area contributed by atoms with Crippen LogP contribution in [0.4, 0.5) is 0 Å². The quantitative estimate of drug-likeness (QED) is 0.811. The molecule has 1 amide bonds. The van der Waals surface area contributed by atoms with E-state index in [-0.39, 0.29) is 16.6 Å². The smallest absolute Gasteiger partial charge is 0.255 e. The van der Waals surface area contributed by atoms with Crippen LogP contribution in [0.1, 0.15) is 68.6 Å². The lowest BCUT2D eigenvalue weighted by Crippen LogP contribution is -2.44. The standard InChI is InChI=1S/C20H29NO3S/c1-2-16-25(23,24)18-9-5-4-8-17(18)19(22)21-14-12-20(13-15-21)10-6-3-7-11-20/h4-5,8-9H,2-3,6-7,10-16H2,1H3. The second-order valence-corrected chi connectivity index (χ2v) is 9.75. The number of hydrogen-bond acceptors (Lipinski definition) is 3. The van der Waals surface area contributed by atoms with E-state index in [1.807, 2.05) is 11.8 Å². The van der Waals surface area contributed by atoms with Crippen molar-refractivity contribution in [2.45, 2.75) is 63.2 Å².